The van der Waals surface area contributed by atoms with Crippen molar-refractivity contribution in [2.45, 2.75) is 19.4 Å². The topological polar surface area (TPSA) is 18.5 Å². The fraction of sp³-hybridized carbons (Fsp3) is 0.286. The smallest absolute Gasteiger partial charge is 0.118 e. The maximum atomic E-state index is 5.71. The van der Waals surface area contributed by atoms with Crippen molar-refractivity contribution < 1.29 is 9.47 Å². The normalized spacial score (nSPS) is 14.4. The van der Waals surface area contributed by atoms with Crippen LogP contribution < -0.4 is 4.74 Å². The van der Waals surface area contributed by atoms with Crippen LogP contribution in [0.2, 0.25) is 0 Å². The fourth-order valence-corrected chi connectivity index (χ4v) is 1.60. The van der Waals surface area contributed by atoms with Gasteiger partial charge in [0.05, 0.1) is 12.9 Å². The second kappa shape index (κ2) is 5.40. The van der Waals surface area contributed by atoms with Gasteiger partial charge in [0.25, 0.3) is 0 Å². The van der Waals surface area contributed by atoms with E-state index in [1.165, 1.54) is 0 Å². The van der Waals surface area contributed by atoms with Gasteiger partial charge in [-0.05, 0) is 30.2 Å². The van der Waals surface area contributed by atoms with E-state index in [4.69, 9.17) is 9.47 Å². The van der Waals surface area contributed by atoms with Gasteiger partial charge in [0.15, 0.2) is 0 Å². The summed E-state index contributed by atoms with van der Waals surface area (Å²) in [6.45, 7) is 0.629. The van der Waals surface area contributed by atoms with Crippen LogP contribution in [0.25, 0.3) is 0 Å². The van der Waals surface area contributed by atoms with E-state index < -0.39 is 0 Å². The standard InChI is InChI=1S/C14H16O2/c1-15-13-9-7-12(8-10-13)11-16-14-5-3-2-4-6-14/h2-3,5,7-10H,4,6,11H2,1H3. The number of benzene rings is 1. The molecule has 0 radical (unpaired) electrons. The highest BCUT2D eigenvalue weighted by Gasteiger charge is 2.01. The van der Waals surface area contributed by atoms with Crippen molar-refractivity contribution in [3.05, 3.63) is 53.8 Å². The lowest BCUT2D eigenvalue weighted by Crippen LogP contribution is -1.95. The van der Waals surface area contributed by atoms with Gasteiger partial charge in [-0.2, -0.15) is 0 Å². The van der Waals surface area contributed by atoms with E-state index in [0.717, 1.165) is 29.9 Å². The highest BCUT2D eigenvalue weighted by molar-refractivity contribution is 5.27. The quantitative estimate of drug-likeness (QED) is 0.767. The Morgan fingerprint density at radius 3 is 2.62 bits per heavy atom. The molecular formula is C14H16O2. The molecule has 1 aliphatic rings. The maximum Gasteiger partial charge on any atom is 0.118 e. The lowest BCUT2D eigenvalue weighted by Gasteiger charge is -2.11. The monoisotopic (exact) mass is 216 g/mol. The Labute approximate surface area is 96.2 Å². The zero-order valence-electron chi connectivity index (χ0n) is 9.48. The Balaban J connectivity index is 1.89. The summed E-state index contributed by atoms with van der Waals surface area (Å²) in [4.78, 5) is 0. The van der Waals surface area contributed by atoms with Gasteiger partial charge in [-0.1, -0.05) is 24.3 Å². The van der Waals surface area contributed by atoms with Crippen LogP contribution in [-0.2, 0) is 11.3 Å². The molecule has 0 saturated heterocycles. The molecule has 0 amide bonds. The Bertz CT molecular complexity index is 388. The highest BCUT2D eigenvalue weighted by Crippen LogP contribution is 2.17. The molecule has 1 aliphatic carbocycles. The number of ether oxygens (including phenoxy) is 2. The largest absolute Gasteiger partial charge is 0.497 e. The van der Waals surface area contributed by atoms with E-state index in [0.29, 0.717) is 6.61 Å². The number of methoxy groups -OCH3 is 1. The summed E-state index contributed by atoms with van der Waals surface area (Å²) >= 11 is 0. The van der Waals surface area contributed by atoms with E-state index in [1.54, 1.807) is 7.11 Å². The van der Waals surface area contributed by atoms with Crippen LogP contribution in [0.1, 0.15) is 18.4 Å². The Morgan fingerprint density at radius 1 is 1.19 bits per heavy atom. The van der Waals surface area contributed by atoms with Crippen molar-refractivity contribution in [1.82, 2.24) is 0 Å². The molecule has 84 valence electrons. The lowest BCUT2D eigenvalue weighted by atomic mass is 10.1. The summed E-state index contributed by atoms with van der Waals surface area (Å²) in [5.74, 6) is 1.95. The van der Waals surface area contributed by atoms with Crippen molar-refractivity contribution in [3.63, 3.8) is 0 Å². The van der Waals surface area contributed by atoms with Crippen LogP contribution in [0, 0.1) is 0 Å². The molecule has 0 atom stereocenters. The zero-order chi connectivity index (χ0) is 11.2. The molecule has 0 fully saturated rings. The first kappa shape index (κ1) is 10.8. The van der Waals surface area contributed by atoms with Crippen molar-refractivity contribution >= 4 is 0 Å². The first-order valence-electron chi connectivity index (χ1n) is 5.50. The molecule has 1 aromatic carbocycles. The average molecular weight is 216 g/mol. The van der Waals surface area contributed by atoms with Gasteiger partial charge in [0, 0.05) is 6.42 Å². The van der Waals surface area contributed by atoms with Gasteiger partial charge in [0.2, 0.25) is 0 Å². The van der Waals surface area contributed by atoms with E-state index >= 15 is 0 Å². The van der Waals surface area contributed by atoms with Crippen molar-refractivity contribution in [3.8, 4) is 5.75 Å². The number of allylic oxidation sites excluding steroid dienone is 4. The first-order chi connectivity index (χ1) is 7.88. The fourth-order valence-electron chi connectivity index (χ4n) is 1.60. The molecule has 0 aliphatic heterocycles. The molecular weight excluding hydrogens is 200 g/mol. The minimum atomic E-state index is 0.629. The molecule has 0 N–H and O–H groups in total. The summed E-state index contributed by atoms with van der Waals surface area (Å²) in [7, 11) is 1.67. The van der Waals surface area contributed by atoms with Crippen molar-refractivity contribution in [2.24, 2.45) is 0 Å². The van der Waals surface area contributed by atoms with Gasteiger partial charge in [-0.15, -0.1) is 0 Å². The van der Waals surface area contributed by atoms with Crippen LogP contribution in [0.3, 0.4) is 0 Å². The third-order valence-corrected chi connectivity index (χ3v) is 2.56. The van der Waals surface area contributed by atoms with E-state index in [-0.39, 0.29) is 0 Å². The van der Waals surface area contributed by atoms with Gasteiger partial charge in [-0.25, -0.2) is 0 Å². The Kier molecular flexibility index (Phi) is 3.65. The van der Waals surface area contributed by atoms with Gasteiger partial charge in [-0.3, -0.25) is 0 Å². The van der Waals surface area contributed by atoms with E-state index in [1.807, 2.05) is 36.4 Å². The third-order valence-electron chi connectivity index (χ3n) is 2.56. The number of hydrogen-bond acceptors (Lipinski definition) is 2. The van der Waals surface area contributed by atoms with Gasteiger partial charge < -0.3 is 9.47 Å². The molecule has 0 bridgehead atoms. The molecule has 2 nitrogen and oxygen atoms in total. The van der Waals surface area contributed by atoms with Crippen molar-refractivity contribution in [1.29, 1.82) is 0 Å². The molecule has 0 unspecified atom stereocenters. The molecule has 2 heteroatoms. The molecule has 1 aromatic rings. The summed E-state index contributed by atoms with van der Waals surface area (Å²) in [5, 5.41) is 0. The van der Waals surface area contributed by atoms with Gasteiger partial charge >= 0.3 is 0 Å². The SMILES string of the molecule is COc1ccc(COC2=CC=CCC2)cc1. The Morgan fingerprint density at radius 2 is 2.00 bits per heavy atom. The molecule has 16 heavy (non-hydrogen) atoms. The number of rotatable bonds is 4. The summed E-state index contributed by atoms with van der Waals surface area (Å²) in [6, 6.07) is 7.96. The molecule has 0 heterocycles. The number of hydrogen-bond donors (Lipinski definition) is 0. The van der Waals surface area contributed by atoms with Crippen molar-refractivity contribution in [2.75, 3.05) is 7.11 Å². The maximum absolute atomic E-state index is 5.71. The third kappa shape index (κ3) is 2.89. The summed E-state index contributed by atoms with van der Waals surface area (Å²) < 4.78 is 10.8. The zero-order valence-corrected chi connectivity index (χ0v) is 9.48. The van der Waals surface area contributed by atoms with Gasteiger partial charge in [0.1, 0.15) is 12.4 Å². The summed E-state index contributed by atoms with van der Waals surface area (Å²) in [5.41, 5.74) is 1.16. The minimum Gasteiger partial charge on any atom is -0.497 e. The van der Waals surface area contributed by atoms with Crippen LogP contribution in [0.4, 0.5) is 0 Å². The Hall–Kier alpha value is -1.70. The molecule has 0 spiro atoms. The van der Waals surface area contributed by atoms with Crippen LogP contribution in [0.5, 0.6) is 5.75 Å². The van der Waals surface area contributed by atoms with Crippen LogP contribution in [-0.4, -0.2) is 7.11 Å². The predicted octanol–water partition coefficient (Wildman–Crippen LogP) is 3.45. The highest BCUT2D eigenvalue weighted by atomic mass is 16.5. The molecule has 0 aromatic heterocycles. The van der Waals surface area contributed by atoms with Crippen LogP contribution >= 0.6 is 0 Å². The van der Waals surface area contributed by atoms with Crippen LogP contribution in [0.15, 0.2) is 48.3 Å². The minimum absolute atomic E-state index is 0.629. The first-order valence-corrected chi connectivity index (χ1v) is 5.50. The molecule has 2 rings (SSSR count). The lowest BCUT2D eigenvalue weighted by molar-refractivity contribution is 0.188. The van der Waals surface area contributed by atoms with E-state index in [9.17, 15) is 0 Å². The second-order valence-corrected chi connectivity index (χ2v) is 3.74. The predicted molar refractivity (Wildman–Crippen MR) is 64.2 cm³/mol. The summed E-state index contributed by atoms with van der Waals surface area (Å²) in [6.07, 6.45) is 8.32. The second-order valence-electron chi connectivity index (χ2n) is 3.74. The average Bonchev–Trinajstić information content (AvgIpc) is 2.38. The van der Waals surface area contributed by atoms with E-state index in [2.05, 4.69) is 6.08 Å². The molecule has 0 saturated carbocycles.